The normalized spacial score (nSPS) is 14.4. The van der Waals surface area contributed by atoms with Crippen molar-refractivity contribution in [3.05, 3.63) is 155 Å². The van der Waals surface area contributed by atoms with Crippen molar-refractivity contribution >= 4 is 52.3 Å². The van der Waals surface area contributed by atoms with Crippen LogP contribution in [0.25, 0.3) is 11.8 Å². The van der Waals surface area contributed by atoms with Gasteiger partial charge >= 0.3 is 5.97 Å². The summed E-state index contributed by atoms with van der Waals surface area (Å²) in [5.74, 6) is 0.404. The minimum atomic E-state index is -0.762. The van der Waals surface area contributed by atoms with E-state index in [4.69, 9.17) is 42.4 Å². The summed E-state index contributed by atoms with van der Waals surface area (Å²) in [4.78, 5) is 33.3. The first-order chi connectivity index (χ1) is 22.4. The number of para-hydroxylation sites is 1. The van der Waals surface area contributed by atoms with Crippen LogP contribution in [0, 0.1) is 0 Å². The van der Waals surface area contributed by atoms with Crippen molar-refractivity contribution in [2.75, 3.05) is 13.7 Å². The Bertz CT molecular complexity index is 2130. The second kappa shape index (κ2) is 13.8. The number of methoxy groups -OCH3 is 1. The van der Waals surface area contributed by atoms with Gasteiger partial charge in [-0.25, -0.2) is 9.79 Å². The molecule has 0 aliphatic carbocycles. The zero-order valence-electron chi connectivity index (χ0n) is 24.9. The van der Waals surface area contributed by atoms with E-state index in [0.717, 1.165) is 16.7 Å². The maximum atomic E-state index is 14.3. The lowest BCUT2D eigenvalue weighted by Crippen LogP contribution is -2.40. The number of hydrogen-bond donors (Lipinski definition) is 0. The van der Waals surface area contributed by atoms with Gasteiger partial charge in [-0.15, -0.1) is 0 Å². The van der Waals surface area contributed by atoms with Gasteiger partial charge in [0.1, 0.15) is 6.61 Å². The number of fused-ring (bicyclic) bond motifs is 1. The Morgan fingerprint density at radius 3 is 2.41 bits per heavy atom. The van der Waals surface area contributed by atoms with Crippen LogP contribution in [0.5, 0.6) is 11.5 Å². The van der Waals surface area contributed by atoms with E-state index in [-0.39, 0.29) is 18.8 Å². The van der Waals surface area contributed by atoms with Crippen LogP contribution >= 0.6 is 34.5 Å². The summed E-state index contributed by atoms with van der Waals surface area (Å²) in [6, 6.07) is 28.8. The topological polar surface area (TPSA) is 79.1 Å². The Morgan fingerprint density at radius 1 is 0.978 bits per heavy atom. The summed E-state index contributed by atoms with van der Waals surface area (Å²) < 4.78 is 19.4. The maximum absolute atomic E-state index is 14.3. The molecule has 1 aliphatic heterocycles. The molecule has 0 unspecified atom stereocenters. The molecule has 0 saturated carbocycles. The van der Waals surface area contributed by atoms with Crippen molar-refractivity contribution in [1.29, 1.82) is 0 Å². The first-order valence-electron chi connectivity index (χ1n) is 14.5. The van der Waals surface area contributed by atoms with Gasteiger partial charge in [-0.3, -0.25) is 9.36 Å². The molecule has 0 bridgehead atoms. The summed E-state index contributed by atoms with van der Waals surface area (Å²) in [6.07, 6.45) is 1.75. The Hall–Kier alpha value is -4.63. The number of esters is 1. The number of hydrogen-bond acceptors (Lipinski definition) is 7. The number of nitrogens with zero attached hydrogens (tertiary/aromatic N) is 2. The quantitative estimate of drug-likeness (QED) is 0.161. The highest BCUT2D eigenvalue weighted by Crippen LogP contribution is 2.36. The van der Waals surface area contributed by atoms with E-state index in [1.54, 1.807) is 48.9 Å². The van der Waals surface area contributed by atoms with Gasteiger partial charge in [0.2, 0.25) is 0 Å². The third kappa shape index (κ3) is 6.24. The van der Waals surface area contributed by atoms with Gasteiger partial charge in [0.05, 0.1) is 35.6 Å². The van der Waals surface area contributed by atoms with Crippen LogP contribution in [0.2, 0.25) is 10.0 Å². The molecule has 10 heteroatoms. The van der Waals surface area contributed by atoms with Crippen molar-refractivity contribution in [3.63, 3.8) is 0 Å². The Labute approximate surface area is 279 Å². The van der Waals surface area contributed by atoms with Crippen LogP contribution in [0.15, 0.2) is 112 Å². The molecule has 4 aromatic carbocycles. The van der Waals surface area contributed by atoms with E-state index in [9.17, 15) is 9.59 Å². The second-order valence-corrected chi connectivity index (χ2v) is 12.1. The molecule has 7 nitrogen and oxygen atoms in total. The molecule has 5 aromatic rings. The van der Waals surface area contributed by atoms with Crippen molar-refractivity contribution in [2.45, 2.75) is 19.6 Å². The average Bonchev–Trinajstić information content (AvgIpc) is 3.38. The number of aromatic nitrogens is 1. The molecular weight excluding hydrogens is 643 g/mol. The lowest BCUT2D eigenvalue weighted by Gasteiger charge is -2.25. The summed E-state index contributed by atoms with van der Waals surface area (Å²) >= 11 is 13.7. The predicted octanol–water partition coefficient (Wildman–Crippen LogP) is 6.83. The van der Waals surface area contributed by atoms with Gasteiger partial charge in [0, 0.05) is 26.7 Å². The fourth-order valence-electron chi connectivity index (χ4n) is 5.28. The highest BCUT2D eigenvalue weighted by Gasteiger charge is 2.35. The SMILES string of the molecule is CCOC(=O)C1=C(c2ccccc2)N=c2s/c(=C\c3cccc(OC)c3OCc3ccc(Cl)cc3Cl)c(=O)n2[C@H]1c1ccccc1. The van der Waals surface area contributed by atoms with Crippen LogP contribution in [-0.2, 0) is 16.1 Å². The third-order valence-electron chi connectivity index (χ3n) is 7.39. The number of thiazole rings is 1. The fourth-order valence-corrected chi connectivity index (χ4v) is 6.74. The highest BCUT2D eigenvalue weighted by molar-refractivity contribution is 7.07. The Kier molecular flexibility index (Phi) is 9.40. The van der Waals surface area contributed by atoms with E-state index in [0.29, 0.717) is 47.7 Å². The van der Waals surface area contributed by atoms with Crippen LogP contribution in [0.4, 0.5) is 0 Å². The average molecular weight is 672 g/mol. The summed E-state index contributed by atoms with van der Waals surface area (Å²) in [7, 11) is 1.55. The predicted molar refractivity (Wildman–Crippen MR) is 181 cm³/mol. The molecule has 1 atom stereocenters. The van der Waals surface area contributed by atoms with E-state index in [1.807, 2.05) is 72.8 Å². The van der Waals surface area contributed by atoms with Gasteiger partial charge < -0.3 is 14.2 Å². The standard InChI is InChI=1S/C36H28Cl2N2O5S/c1-3-44-35(42)30-31(22-11-6-4-7-12-22)39-36-40(32(30)23-13-8-5-9-14-23)34(41)29(46-36)19-24-15-10-16-28(43-2)33(24)45-21-25-17-18-26(37)20-27(25)38/h4-20,32H,3,21H2,1-2H3/b29-19-/t32-/m0/s1. The van der Waals surface area contributed by atoms with E-state index in [2.05, 4.69) is 0 Å². The van der Waals surface area contributed by atoms with Crippen LogP contribution in [0.1, 0.15) is 35.2 Å². The van der Waals surface area contributed by atoms with Crippen molar-refractivity contribution in [2.24, 2.45) is 4.99 Å². The largest absolute Gasteiger partial charge is 0.493 e. The van der Waals surface area contributed by atoms with E-state index in [1.165, 1.54) is 11.3 Å². The summed E-state index contributed by atoms with van der Waals surface area (Å²) in [5.41, 5.74) is 3.32. The Balaban J connectivity index is 1.53. The van der Waals surface area contributed by atoms with Gasteiger partial charge in [-0.05, 0) is 36.8 Å². The molecule has 46 heavy (non-hydrogen) atoms. The summed E-state index contributed by atoms with van der Waals surface area (Å²) in [6.45, 7) is 2.08. The molecular formula is C36H28Cl2N2O5S. The monoisotopic (exact) mass is 670 g/mol. The molecule has 0 saturated heterocycles. The number of ether oxygens (including phenoxy) is 3. The number of benzene rings is 4. The molecule has 0 fully saturated rings. The number of carbonyl (C=O) groups is 1. The smallest absolute Gasteiger partial charge is 0.338 e. The maximum Gasteiger partial charge on any atom is 0.338 e. The van der Waals surface area contributed by atoms with Crippen LogP contribution in [-0.4, -0.2) is 24.3 Å². The molecule has 1 aliphatic rings. The van der Waals surface area contributed by atoms with Crippen LogP contribution in [0.3, 0.4) is 0 Å². The van der Waals surface area contributed by atoms with Gasteiger partial charge in [0.15, 0.2) is 16.3 Å². The molecule has 0 amide bonds. The highest BCUT2D eigenvalue weighted by atomic mass is 35.5. The van der Waals surface area contributed by atoms with E-state index >= 15 is 0 Å². The molecule has 1 aromatic heterocycles. The van der Waals surface area contributed by atoms with Crippen molar-refractivity contribution < 1.29 is 19.0 Å². The fraction of sp³-hybridized carbons (Fsp3) is 0.139. The minimum absolute atomic E-state index is 0.149. The minimum Gasteiger partial charge on any atom is -0.493 e. The first-order valence-corrected chi connectivity index (χ1v) is 16.0. The number of rotatable bonds is 9. The van der Waals surface area contributed by atoms with Gasteiger partial charge in [-0.2, -0.15) is 0 Å². The van der Waals surface area contributed by atoms with E-state index < -0.39 is 12.0 Å². The molecule has 0 radical (unpaired) electrons. The zero-order chi connectivity index (χ0) is 32.2. The molecule has 2 heterocycles. The summed E-state index contributed by atoms with van der Waals surface area (Å²) in [5, 5.41) is 1.00. The second-order valence-electron chi connectivity index (χ2n) is 10.2. The lowest BCUT2D eigenvalue weighted by atomic mass is 9.93. The molecule has 0 N–H and O–H groups in total. The number of halogens is 2. The zero-order valence-corrected chi connectivity index (χ0v) is 27.2. The third-order valence-corrected chi connectivity index (χ3v) is 8.96. The molecule has 0 spiro atoms. The lowest BCUT2D eigenvalue weighted by molar-refractivity contribution is -0.138. The van der Waals surface area contributed by atoms with Crippen molar-refractivity contribution in [3.8, 4) is 11.5 Å². The van der Waals surface area contributed by atoms with Crippen LogP contribution < -0.4 is 24.4 Å². The van der Waals surface area contributed by atoms with Crippen molar-refractivity contribution in [1.82, 2.24) is 4.57 Å². The molecule has 232 valence electrons. The Morgan fingerprint density at radius 2 is 1.72 bits per heavy atom. The van der Waals surface area contributed by atoms with Gasteiger partial charge in [0.25, 0.3) is 5.56 Å². The number of carbonyl (C=O) groups excluding carboxylic acids is 1. The molecule has 6 rings (SSSR count). The first kappa shape index (κ1) is 31.4. The van der Waals surface area contributed by atoms with Gasteiger partial charge in [-0.1, -0.05) is 113 Å².